The van der Waals surface area contributed by atoms with Crippen molar-refractivity contribution in [2.45, 2.75) is 31.3 Å². The second-order valence-corrected chi connectivity index (χ2v) is 5.33. The van der Waals surface area contributed by atoms with Gasteiger partial charge >= 0.3 is 18.0 Å². The number of aldehydes is 1. The van der Waals surface area contributed by atoms with Crippen molar-refractivity contribution >= 4 is 29.9 Å². The van der Waals surface area contributed by atoms with Crippen LogP contribution < -0.4 is 16.0 Å². The third-order valence-corrected chi connectivity index (χ3v) is 3.44. The molecule has 5 N–H and O–H groups in total. The third kappa shape index (κ3) is 7.34. The topological polar surface area (TPSA) is 145 Å². The number of amides is 2. The van der Waals surface area contributed by atoms with E-state index in [-0.39, 0.29) is 19.3 Å². The Hall–Kier alpha value is -3.10. The van der Waals surface area contributed by atoms with E-state index in [2.05, 4.69) is 16.0 Å². The van der Waals surface area contributed by atoms with Gasteiger partial charge in [0.05, 0.1) is 6.04 Å². The molecule has 0 spiro atoms. The Balaban J connectivity index is 2.63. The van der Waals surface area contributed by atoms with Crippen molar-refractivity contribution in [1.29, 1.82) is 0 Å². The van der Waals surface area contributed by atoms with Crippen molar-refractivity contribution in [3.8, 4) is 0 Å². The standard InChI is InChI=1S/C16H21N3O6/c1-17-11-4-2-10(3-5-11)8-13(15(23)24)19-16(25)18-12(9-20)6-7-14(21)22/h2-5,9,12-13,17H,6-8H2,1H3,(H,21,22)(H,23,24)(H2,18,19,25)/t12-,13-/m0/s1. The number of urea groups is 1. The molecule has 0 aliphatic carbocycles. The van der Waals surface area contributed by atoms with E-state index in [9.17, 15) is 24.3 Å². The Labute approximate surface area is 144 Å². The zero-order valence-electron chi connectivity index (χ0n) is 13.7. The maximum Gasteiger partial charge on any atom is 0.326 e. The van der Waals surface area contributed by atoms with Gasteiger partial charge in [-0.3, -0.25) is 4.79 Å². The van der Waals surface area contributed by atoms with Crippen LogP contribution in [0.2, 0.25) is 0 Å². The summed E-state index contributed by atoms with van der Waals surface area (Å²) in [5.74, 6) is -2.32. The predicted molar refractivity (Wildman–Crippen MR) is 89.5 cm³/mol. The first-order valence-corrected chi connectivity index (χ1v) is 7.59. The largest absolute Gasteiger partial charge is 0.481 e. The summed E-state index contributed by atoms with van der Waals surface area (Å²) in [6.07, 6.45) is 0.113. The number of carbonyl (C=O) groups is 4. The van der Waals surface area contributed by atoms with Crippen LogP contribution in [0.1, 0.15) is 18.4 Å². The predicted octanol–water partition coefficient (Wildman–Crippen LogP) is 0.456. The number of rotatable bonds is 10. The molecular formula is C16H21N3O6. The molecule has 0 heterocycles. The third-order valence-electron chi connectivity index (χ3n) is 3.44. The summed E-state index contributed by atoms with van der Waals surface area (Å²) < 4.78 is 0. The van der Waals surface area contributed by atoms with Gasteiger partial charge in [0.2, 0.25) is 0 Å². The fourth-order valence-corrected chi connectivity index (χ4v) is 2.06. The van der Waals surface area contributed by atoms with E-state index in [1.807, 2.05) is 0 Å². The lowest BCUT2D eigenvalue weighted by Crippen LogP contribution is -2.50. The van der Waals surface area contributed by atoms with Crippen LogP contribution in [0.5, 0.6) is 0 Å². The second-order valence-electron chi connectivity index (χ2n) is 5.33. The molecule has 2 atom stereocenters. The Morgan fingerprint density at radius 2 is 1.76 bits per heavy atom. The molecule has 1 aromatic carbocycles. The van der Waals surface area contributed by atoms with Crippen LogP contribution in [0, 0.1) is 0 Å². The van der Waals surface area contributed by atoms with Crippen LogP contribution >= 0.6 is 0 Å². The van der Waals surface area contributed by atoms with E-state index in [1.165, 1.54) is 0 Å². The van der Waals surface area contributed by atoms with Crippen LogP contribution in [0.15, 0.2) is 24.3 Å². The first kappa shape index (κ1) is 19.9. The van der Waals surface area contributed by atoms with Crippen molar-refractivity contribution in [2.75, 3.05) is 12.4 Å². The van der Waals surface area contributed by atoms with Gasteiger partial charge in [0, 0.05) is 25.6 Å². The maximum absolute atomic E-state index is 11.9. The van der Waals surface area contributed by atoms with Crippen molar-refractivity contribution in [2.24, 2.45) is 0 Å². The second kappa shape index (κ2) is 9.91. The van der Waals surface area contributed by atoms with E-state index in [1.54, 1.807) is 31.3 Å². The Bertz CT molecular complexity index is 617. The molecule has 0 aliphatic rings. The highest BCUT2D eigenvalue weighted by atomic mass is 16.4. The monoisotopic (exact) mass is 351 g/mol. The molecule has 0 saturated heterocycles. The van der Waals surface area contributed by atoms with Crippen molar-refractivity contribution in [3.05, 3.63) is 29.8 Å². The summed E-state index contributed by atoms with van der Waals surface area (Å²) in [6, 6.07) is 4.00. The molecule has 0 unspecified atom stereocenters. The molecule has 1 rings (SSSR count). The number of carbonyl (C=O) groups excluding carboxylic acids is 2. The summed E-state index contributed by atoms with van der Waals surface area (Å²) in [6.45, 7) is 0. The zero-order chi connectivity index (χ0) is 18.8. The summed E-state index contributed by atoms with van der Waals surface area (Å²) in [7, 11) is 1.76. The van der Waals surface area contributed by atoms with E-state index in [0.717, 1.165) is 5.69 Å². The number of hydrogen-bond donors (Lipinski definition) is 5. The molecule has 0 aromatic heterocycles. The van der Waals surface area contributed by atoms with Gasteiger partial charge in [-0.05, 0) is 24.1 Å². The average molecular weight is 351 g/mol. The van der Waals surface area contributed by atoms with Gasteiger partial charge < -0.3 is 31.0 Å². The highest BCUT2D eigenvalue weighted by Crippen LogP contribution is 2.10. The fourth-order valence-electron chi connectivity index (χ4n) is 2.06. The highest BCUT2D eigenvalue weighted by Gasteiger charge is 2.22. The normalized spacial score (nSPS) is 12.5. The molecular weight excluding hydrogens is 330 g/mol. The molecule has 25 heavy (non-hydrogen) atoms. The molecule has 136 valence electrons. The minimum absolute atomic E-state index is 0.0631. The number of carboxylic acids is 2. The van der Waals surface area contributed by atoms with Crippen molar-refractivity contribution < 1.29 is 29.4 Å². The molecule has 9 heteroatoms. The van der Waals surface area contributed by atoms with Crippen LogP contribution in [-0.4, -0.2) is 53.6 Å². The van der Waals surface area contributed by atoms with Crippen LogP contribution in [0.25, 0.3) is 0 Å². The number of aliphatic carboxylic acids is 2. The molecule has 0 aliphatic heterocycles. The Morgan fingerprint density at radius 1 is 1.12 bits per heavy atom. The van der Waals surface area contributed by atoms with Gasteiger partial charge in [0.25, 0.3) is 0 Å². The minimum Gasteiger partial charge on any atom is -0.481 e. The van der Waals surface area contributed by atoms with Crippen LogP contribution in [-0.2, 0) is 20.8 Å². The van der Waals surface area contributed by atoms with Crippen molar-refractivity contribution in [1.82, 2.24) is 10.6 Å². The van der Waals surface area contributed by atoms with Crippen LogP contribution in [0.4, 0.5) is 10.5 Å². The first-order chi connectivity index (χ1) is 11.8. The number of hydrogen-bond acceptors (Lipinski definition) is 5. The quantitative estimate of drug-likeness (QED) is 0.385. The SMILES string of the molecule is CNc1ccc(C[C@H](NC(=O)N[C@H](C=O)CCC(=O)O)C(=O)O)cc1. The number of anilines is 1. The molecule has 9 nitrogen and oxygen atoms in total. The molecule has 0 saturated carbocycles. The molecule has 0 radical (unpaired) electrons. The van der Waals surface area contributed by atoms with E-state index >= 15 is 0 Å². The Morgan fingerprint density at radius 3 is 2.24 bits per heavy atom. The van der Waals surface area contributed by atoms with Gasteiger partial charge in [0.15, 0.2) is 0 Å². The minimum atomic E-state index is -1.22. The Kier molecular flexibility index (Phi) is 7.91. The molecule has 0 fully saturated rings. The number of carboxylic acid groups (broad SMARTS) is 2. The number of nitrogens with one attached hydrogen (secondary N) is 3. The first-order valence-electron chi connectivity index (χ1n) is 7.59. The van der Waals surface area contributed by atoms with Crippen molar-refractivity contribution in [3.63, 3.8) is 0 Å². The average Bonchev–Trinajstić information content (AvgIpc) is 2.58. The lowest BCUT2D eigenvalue weighted by molar-refractivity contribution is -0.139. The highest BCUT2D eigenvalue weighted by molar-refractivity contribution is 5.84. The fraction of sp³-hybridized carbons (Fsp3) is 0.375. The van der Waals surface area contributed by atoms with Gasteiger partial charge in [-0.15, -0.1) is 0 Å². The zero-order valence-corrected chi connectivity index (χ0v) is 13.7. The summed E-state index contributed by atoms with van der Waals surface area (Å²) in [4.78, 5) is 44.6. The van der Waals surface area contributed by atoms with Crippen LogP contribution in [0.3, 0.4) is 0 Å². The maximum atomic E-state index is 11.9. The smallest absolute Gasteiger partial charge is 0.326 e. The number of benzene rings is 1. The van der Waals surface area contributed by atoms with Gasteiger partial charge in [-0.1, -0.05) is 12.1 Å². The summed E-state index contributed by atoms with van der Waals surface area (Å²) >= 11 is 0. The van der Waals surface area contributed by atoms with E-state index in [4.69, 9.17) is 5.11 Å². The molecule has 0 bridgehead atoms. The van der Waals surface area contributed by atoms with Gasteiger partial charge in [0.1, 0.15) is 12.3 Å². The lowest BCUT2D eigenvalue weighted by Gasteiger charge is -2.17. The summed E-state index contributed by atoms with van der Waals surface area (Å²) in [5, 5.41) is 25.3. The lowest BCUT2D eigenvalue weighted by atomic mass is 10.1. The molecule has 2 amide bonds. The van der Waals surface area contributed by atoms with E-state index in [0.29, 0.717) is 11.8 Å². The van der Waals surface area contributed by atoms with Gasteiger partial charge in [-0.2, -0.15) is 0 Å². The summed E-state index contributed by atoms with van der Waals surface area (Å²) in [5.41, 5.74) is 1.58. The van der Waals surface area contributed by atoms with Gasteiger partial charge in [-0.25, -0.2) is 9.59 Å². The molecule has 1 aromatic rings. The van der Waals surface area contributed by atoms with E-state index < -0.39 is 30.1 Å².